The van der Waals surface area contributed by atoms with Gasteiger partial charge in [-0.15, -0.1) is 0 Å². The maximum absolute atomic E-state index is 13.0. The first-order chi connectivity index (χ1) is 52.3. The monoisotopic (exact) mass is 1370 g/mol. The molecule has 0 radical (unpaired) electrons. The van der Waals surface area contributed by atoms with Crippen molar-refractivity contribution in [1.29, 1.82) is 5.26 Å². The highest BCUT2D eigenvalue weighted by Crippen LogP contribution is 2.54. The average Bonchev–Trinajstić information content (AvgIpc) is 1.69. The van der Waals surface area contributed by atoms with E-state index in [-0.39, 0.29) is 0 Å². The lowest BCUT2D eigenvalue weighted by Crippen LogP contribution is -2.06. The van der Waals surface area contributed by atoms with E-state index in [0.717, 1.165) is 139 Å². The largest absolute Gasteiger partial charge is 0.309 e. The van der Waals surface area contributed by atoms with Gasteiger partial charge in [-0.1, -0.05) is 172 Å². The van der Waals surface area contributed by atoms with Crippen LogP contribution in [-0.2, 0) is 0 Å². The van der Waals surface area contributed by atoms with Crippen LogP contribution < -0.4 is 0 Å². The lowest BCUT2D eigenvalue weighted by molar-refractivity contribution is 1.10. The Balaban J connectivity index is 0.922. The second kappa shape index (κ2) is 24.3. The zero-order valence-corrected chi connectivity index (χ0v) is 60.9. The summed E-state index contributed by atoms with van der Waals surface area (Å²) < 4.78 is 11.9. The van der Waals surface area contributed by atoms with Gasteiger partial charge in [-0.25, -0.2) is 4.98 Å². The average molecular weight is 1370 g/mol. The van der Waals surface area contributed by atoms with Crippen LogP contribution in [0.3, 0.4) is 0 Å². The molecule has 5 aromatic heterocycles. The van der Waals surface area contributed by atoms with Gasteiger partial charge in [-0.2, -0.15) is 5.26 Å². The quantitative estimate of drug-likeness (QED) is 0.137. The van der Waals surface area contributed by atoms with Crippen molar-refractivity contribution in [3.05, 3.63) is 347 Å². The fraction of sp³-hybridized carbons (Fsp3) is 0.0800. The number of benzene rings is 15. The number of hydrogen-bond donors (Lipinski definition) is 0. The third-order valence-corrected chi connectivity index (χ3v) is 22.4. The van der Waals surface area contributed by atoms with Crippen LogP contribution in [0.15, 0.2) is 297 Å². The van der Waals surface area contributed by atoms with Crippen LogP contribution in [0, 0.1) is 66.7 Å². The van der Waals surface area contributed by atoms with E-state index in [1.807, 2.05) is 0 Å². The Labute approximate surface area is 620 Å². The van der Waals surface area contributed by atoms with Gasteiger partial charge in [-0.05, 0) is 248 Å². The lowest BCUT2D eigenvalue weighted by atomic mass is 9.77. The molecule has 15 aromatic carbocycles. The van der Waals surface area contributed by atoms with Crippen molar-refractivity contribution < 1.29 is 0 Å². The summed E-state index contributed by atoms with van der Waals surface area (Å²) in [6.45, 7) is 17.4. The molecule has 0 atom stereocenters. The Bertz CT molecular complexity index is 6560. The van der Waals surface area contributed by atoms with Crippen molar-refractivity contribution in [2.45, 2.75) is 55.4 Å². The highest BCUT2D eigenvalue weighted by Gasteiger charge is 2.33. The van der Waals surface area contributed by atoms with Crippen molar-refractivity contribution in [3.63, 3.8) is 0 Å². The minimum atomic E-state index is 0.543. The predicted molar refractivity (Wildman–Crippen MR) is 448 cm³/mol. The normalized spacial score (nSPS) is 11.9. The number of nitriles is 1. The number of aryl methyl sites for hydroxylation is 8. The van der Waals surface area contributed by atoms with E-state index in [9.17, 15) is 5.26 Å². The van der Waals surface area contributed by atoms with E-state index >= 15 is 0 Å². The van der Waals surface area contributed by atoms with Gasteiger partial charge < -0.3 is 18.3 Å². The first kappa shape index (κ1) is 63.2. The van der Waals surface area contributed by atoms with Crippen LogP contribution in [0.2, 0.25) is 0 Å². The summed E-state index contributed by atoms with van der Waals surface area (Å²) in [5.74, 6) is 0.740. The Kier molecular flexibility index (Phi) is 14.3. The van der Waals surface area contributed by atoms with E-state index < -0.39 is 0 Å². The molecule has 0 saturated heterocycles. The van der Waals surface area contributed by atoms with Crippen molar-refractivity contribution in [2.75, 3.05) is 0 Å². The molecule has 0 bridgehead atoms. The van der Waals surface area contributed by atoms with E-state index in [2.05, 4.69) is 382 Å². The minimum absolute atomic E-state index is 0.543. The molecule has 0 N–H and O–H groups in total. The topological polar surface area (TPSA) is 61.3 Å². The number of hydrogen-bond acceptors (Lipinski definition) is 2. The Morgan fingerprint density at radius 3 is 0.738 bits per heavy atom. The predicted octanol–water partition coefficient (Wildman–Crippen LogP) is 26.1. The Morgan fingerprint density at radius 2 is 0.467 bits per heavy atom. The van der Waals surface area contributed by atoms with Gasteiger partial charge in [0.15, 0.2) is 0 Å². The van der Waals surface area contributed by atoms with Gasteiger partial charge >= 0.3 is 0 Å². The number of imidazole rings is 1. The highest BCUT2D eigenvalue weighted by molar-refractivity contribution is 6.15. The second-order valence-corrected chi connectivity index (χ2v) is 29.7. The van der Waals surface area contributed by atoms with Crippen molar-refractivity contribution >= 4 is 98.3 Å². The van der Waals surface area contributed by atoms with Gasteiger partial charge in [0.25, 0.3) is 0 Å². The number of para-hydroxylation sites is 3. The number of nitrogens with zero attached hydrogens (tertiary/aromatic N) is 7. The molecular weight excluding hydrogens is 1300 g/mol. The molecular formula is C100H73N7. The Hall–Kier alpha value is -13.5. The van der Waals surface area contributed by atoms with Crippen LogP contribution in [0.25, 0.3) is 183 Å². The van der Waals surface area contributed by atoms with Gasteiger partial charge in [-0.3, -0.25) is 4.57 Å². The lowest BCUT2D eigenvalue weighted by Gasteiger charge is -2.26. The van der Waals surface area contributed by atoms with E-state index in [0.29, 0.717) is 5.56 Å². The van der Waals surface area contributed by atoms with Crippen LogP contribution in [0.4, 0.5) is 0 Å². The molecule has 20 aromatic rings. The zero-order chi connectivity index (χ0) is 72.2. The van der Waals surface area contributed by atoms with Gasteiger partial charge in [0.1, 0.15) is 11.9 Å². The zero-order valence-electron chi connectivity index (χ0n) is 60.9. The van der Waals surface area contributed by atoms with Crippen LogP contribution in [0.5, 0.6) is 0 Å². The van der Waals surface area contributed by atoms with Crippen LogP contribution >= 0.6 is 0 Å². The van der Waals surface area contributed by atoms with E-state index in [1.165, 1.54) is 87.6 Å². The molecule has 0 spiro atoms. The third kappa shape index (κ3) is 9.97. The SMILES string of the molecule is Cc1ccc2c(c1)c1cc(C)ccc1n2-c1ccc(-c2c(C#N)c(-c3ccc(-n4c5ccc(C)cc5c5cc(C)ccc54)cc3)c(-c3ccc(-n4c5ccc(C)cc5c5cc(C)ccc54)cc3)c(-c3nc4ccccc4n3-c3ccccc3)c2-c2ccc(-n3c4ccc(C)cc4c4cc(C)ccc43)cc2)cc1. The summed E-state index contributed by atoms with van der Waals surface area (Å²) >= 11 is 0. The van der Waals surface area contributed by atoms with Gasteiger partial charge in [0, 0.05) is 99.3 Å². The fourth-order valence-corrected chi connectivity index (χ4v) is 17.5. The summed E-state index contributed by atoms with van der Waals surface area (Å²) in [7, 11) is 0. The molecule has 107 heavy (non-hydrogen) atoms. The third-order valence-electron chi connectivity index (χ3n) is 22.4. The molecule has 7 nitrogen and oxygen atoms in total. The maximum atomic E-state index is 13.0. The second-order valence-electron chi connectivity index (χ2n) is 29.7. The van der Waals surface area contributed by atoms with Gasteiger partial charge in [0.05, 0.1) is 60.7 Å². The van der Waals surface area contributed by atoms with Gasteiger partial charge in [0.2, 0.25) is 0 Å². The minimum Gasteiger partial charge on any atom is -0.309 e. The summed E-state index contributed by atoms with van der Waals surface area (Å²) in [5.41, 5.74) is 34.1. The van der Waals surface area contributed by atoms with Crippen LogP contribution in [0.1, 0.15) is 50.1 Å². The number of fused-ring (bicyclic) bond motifs is 13. The fourth-order valence-electron chi connectivity index (χ4n) is 17.5. The molecule has 0 aliphatic rings. The molecule has 5 heterocycles. The molecule has 508 valence electrons. The smallest absolute Gasteiger partial charge is 0.147 e. The summed E-state index contributed by atoms with van der Waals surface area (Å²) in [4.78, 5) is 5.94. The molecule has 0 unspecified atom stereocenters. The Morgan fingerprint density at radius 1 is 0.224 bits per heavy atom. The first-order valence-corrected chi connectivity index (χ1v) is 37.0. The summed E-state index contributed by atoms with van der Waals surface area (Å²) in [6.07, 6.45) is 0. The van der Waals surface area contributed by atoms with Crippen molar-refractivity contribution in [3.8, 4) is 90.4 Å². The molecule has 0 amide bonds. The summed E-state index contributed by atoms with van der Waals surface area (Å²) in [5, 5.41) is 22.7. The van der Waals surface area contributed by atoms with Crippen LogP contribution in [-0.4, -0.2) is 27.8 Å². The number of rotatable bonds is 10. The molecule has 0 fully saturated rings. The highest BCUT2D eigenvalue weighted by atomic mass is 15.1. The first-order valence-electron chi connectivity index (χ1n) is 37.0. The maximum Gasteiger partial charge on any atom is 0.147 e. The number of aromatic nitrogens is 6. The molecule has 0 saturated carbocycles. The van der Waals surface area contributed by atoms with E-state index in [4.69, 9.17) is 4.98 Å². The standard InChI is InChI=1S/C100H73N7/c1-59-18-42-86-76(50-59)77-51-60(2)19-43-87(77)103(86)72-34-26-67(27-35-72)95-84(58-101)96(68-28-36-73(37-29-68)104-88-44-20-61(3)52-78(88)79-53-62(4)21-45-89(79)104)98(70-32-40-75(41-33-70)106-92-48-24-65(7)56-82(92)83-57-66(8)25-49-93(83)106)99(100-102-85-16-12-13-17-94(85)107(100)71-14-10-9-11-15-71)97(95)69-30-38-74(39-31-69)105-90-46-22-63(5)54-80(90)81-55-64(6)23-47-91(81)105/h9-57H,1-8H3. The van der Waals surface area contributed by atoms with Crippen molar-refractivity contribution in [2.24, 2.45) is 0 Å². The molecule has 0 aliphatic carbocycles. The van der Waals surface area contributed by atoms with E-state index in [1.54, 1.807) is 0 Å². The molecule has 20 rings (SSSR count). The summed E-state index contributed by atoms with van der Waals surface area (Å²) in [6, 6.07) is 113. The van der Waals surface area contributed by atoms with Crippen molar-refractivity contribution in [1.82, 2.24) is 27.8 Å². The molecule has 7 heteroatoms. The molecule has 0 aliphatic heterocycles.